The van der Waals surface area contributed by atoms with E-state index in [1.807, 2.05) is 0 Å². The van der Waals surface area contributed by atoms with E-state index in [1.165, 1.54) is 78.8 Å². The summed E-state index contributed by atoms with van der Waals surface area (Å²) in [6.07, 6.45) is 12.5. The third kappa shape index (κ3) is 6.61. The van der Waals surface area contributed by atoms with E-state index in [2.05, 4.69) is 117 Å². The Hall–Kier alpha value is -3.12. The maximum Gasteiger partial charge on any atom is 0.00304 e. The molecule has 0 aliphatic heterocycles. The van der Waals surface area contributed by atoms with E-state index in [0.717, 1.165) is 11.8 Å². The molecule has 4 aromatic carbocycles. The topological polar surface area (TPSA) is 0 Å². The quantitative estimate of drug-likeness (QED) is 0.187. The van der Waals surface area contributed by atoms with E-state index < -0.39 is 0 Å². The van der Waals surface area contributed by atoms with Gasteiger partial charge in [0.2, 0.25) is 0 Å². The van der Waals surface area contributed by atoms with Crippen LogP contribution in [0.5, 0.6) is 0 Å². The molecule has 0 bridgehead atoms. The molecule has 0 spiro atoms. The highest BCUT2D eigenvalue weighted by Gasteiger charge is 2.23. The number of hydrogen-bond donors (Lipinski definition) is 0. The van der Waals surface area contributed by atoms with Gasteiger partial charge in [-0.2, -0.15) is 0 Å². The van der Waals surface area contributed by atoms with Crippen LogP contribution >= 0.6 is 0 Å². The van der Waals surface area contributed by atoms with Crippen LogP contribution in [0.25, 0.3) is 16.3 Å². The maximum atomic E-state index is 2.64. The molecule has 5 rings (SSSR count). The Morgan fingerprint density at radius 2 is 1.14 bits per heavy atom. The van der Waals surface area contributed by atoms with Gasteiger partial charge in [0.1, 0.15) is 0 Å². The molecule has 1 aliphatic rings. The van der Waals surface area contributed by atoms with Gasteiger partial charge in [-0.1, -0.05) is 117 Å². The third-order valence-electron chi connectivity index (χ3n) is 8.50. The average molecular weight is 487 g/mol. The molecule has 0 heteroatoms. The van der Waals surface area contributed by atoms with Gasteiger partial charge in [-0.3, -0.25) is 0 Å². The molecule has 0 fully saturated rings. The smallest absolute Gasteiger partial charge is 0.00304 e. The average Bonchev–Trinajstić information content (AvgIpc) is 2.95. The van der Waals surface area contributed by atoms with Gasteiger partial charge in [0.25, 0.3) is 0 Å². The summed E-state index contributed by atoms with van der Waals surface area (Å²) >= 11 is 0. The lowest BCUT2D eigenvalue weighted by atomic mass is 9.77. The van der Waals surface area contributed by atoms with E-state index in [0.29, 0.717) is 5.92 Å². The van der Waals surface area contributed by atoms with Gasteiger partial charge >= 0.3 is 0 Å². The molecule has 0 amide bonds. The van der Waals surface area contributed by atoms with Gasteiger partial charge in [0.15, 0.2) is 0 Å². The number of aryl methyl sites for hydroxylation is 2. The molecule has 3 unspecified atom stereocenters. The van der Waals surface area contributed by atoms with E-state index in [4.69, 9.17) is 0 Å². The number of allylic oxidation sites excluding steroid dienone is 2. The van der Waals surface area contributed by atoms with Crippen molar-refractivity contribution in [1.29, 1.82) is 0 Å². The Labute approximate surface area is 224 Å². The zero-order chi connectivity index (χ0) is 25.5. The van der Waals surface area contributed by atoms with Crippen LogP contribution in [0.15, 0.2) is 103 Å². The highest BCUT2D eigenvalue weighted by molar-refractivity contribution is 5.98. The van der Waals surface area contributed by atoms with Crippen molar-refractivity contribution in [3.8, 4) is 0 Å². The van der Waals surface area contributed by atoms with Crippen LogP contribution < -0.4 is 0 Å². The summed E-state index contributed by atoms with van der Waals surface area (Å²) in [5.41, 5.74) is 7.54. The summed E-state index contributed by atoms with van der Waals surface area (Å²) in [6, 6.07) is 35.8. The van der Waals surface area contributed by atoms with Crippen molar-refractivity contribution in [3.63, 3.8) is 0 Å². The minimum Gasteiger partial charge on any atom is -0.0731 e. The van der Waals surface area contributed by atoms with Gasteiger partial charge in [0.05, 0.1) is 0 Å². The Morgan fingerprint density at radius 3 is 1.78 bits per heavy atom. The van der Waals surface area contributed by atoms with Crippen LogP contribution in [0.2, 0.25) is 0 Å². The monoisotopic (exact) mass is 486 g/mol. The summed E-state index contributed by atoms with van der Waals surface area (Å²) in [7, 11) is 0. The Morgan fingerprint density at radius 1 is 0.568 bits per heavy atom. The van der Waals surface area contributed by atoms with Crippen LogP contribution in [-0.2, 0) is 12.8 Å². The summed E-state index contributed by atoms with van der Waals surface area (Å²) in [5.74, 6) is 2.01. The normalized spacial score (nSPS) is 16.4. The minimum absolute atomic E-state index is 0.535. The van der Waals surface area contributed by atoms with Crippen LogP contribution in [0.1, 0.15) is 80.5 Å². The molecule has 0 N–H and O–H groups in total. The molecule has 0 nitrogen and oxygen atoms in total. The van der Waals surface area contributed by atoms with Crippen LogP contribution in [0.3, 0.4) is 0 Å². The fraction of sp³-hybridized carbons (Fsp3) is 0.351. The first-order valence-corrected chi connectivity index (χ1v) is 14.5. The first kappa shape index (κ1) is 25.5. The molecular formula is C37H42. The predicted octanol–water partition coefficient (Wildman–Crippen LogP) is 10.4. The van der Waals surface area contributed by atoms with Crippen molar-refractivity contribution >= 4 is 16.3 Å². The third-order valence-corrected chi connectivity index (χ3v) is 8.50. The van der Waals surface area contributed by atoms with Crippen molar-refractivity contribution < 1.29 is 0 Å². The summed E-state index contributed by atoms with van der Waals surface area (Å²) in [4.78, 5) is 0. The largest absolute Gasteiger partial charge is 0.0731 e. The van der Waals surface area contributed by atoms with E-state index in [-0.39, 0.29) is 0 Å². The fourth-order valence-corrected chi connectivity index (χ4v) is 6.10. The van der Waals surface area contributed by atoms with Gasteiger partial charge < -0.3 is 0 Å². The molecule has 0 saturated heterocycles. The standard InChI is InChI=1S/C37H42/c1-28(19-23-30-11-5-3-6-12-30)21-25-33-27-34(26-22-29(2)20-24-31-13-7-4-8-14-31)36-18-10-16-32-15-9-17-35(33)37(32)36/h3-18,27-29,33H,19-26H2,1-2H3. The zero-order valence-corrected chi connectivity index (χ0v) is 22.7. The Kier molecular flexibility index (Phi) is 8.57. The lowest BCUT2D eigenvalue weighted by Crippen LogP contribution is -2.08. The van der Waals surface area contributed by atoms with Crippen LogP contribution in [0.4, 0.5) is 0 Å². The Balaban J connectivity index is 1.25. The molecule has 1 aliphatic carbocycles. The number of benzene rings is 4. The van der Waals surface area contributed by atoms with Crippen LogP contribution in [-0.4, -0.2) is 0 Å². The SMILES string of the molecule is CC(CCC1=CC(CCC(C)CCc2ccccc2)c2cccc3cccc1c23)CCc1ccccc1. The summed E-state index contributed by atoms with van der Waals surface area (Å²) in [5, 5.41) is 2.92. The van der Waals surface area contributed by atoms with Crippen molar-refractivity contribution in [3.05, 3.63) is 125 Å². The highest BCUT2D eigenvalue weighted by atomic mass is 14.3. The molecule has 0 heterocycles. The molecule has 37 heavy (non-hydrogen) atoms. The second-order valence-electron chi connectivity index (χ2n) is 11.4. The molecule has 3 atom stereocenters. The number of hydrogen-bond acceptors (Lipinski definition) is 0. The fourth-order valence-electron chi connectivity index (χ4n) is 6.10. The van der Waals surface area contributed by atoms with Crippen LogP contribution in [0, 0.1) is 11.8 Å². The van der Waals surface area contributed by atoms with Crippen molar-refractivity contribution in [2.45, 2.75) is 71.1 Å². The summed E-state index contributed by atoms with van der Waals surface area (Å²) in [6.45, 7) is 4.88. The highest BCUT2D eigenvalue weighted by Crippen LogP contribution is 2.43. The van der Waals surface area contributed by atoms with E-state index in [9.17, 15) is 0 Å². The first-order valence-electron chi connectivity index (χ1n) is 14.5. The van der Waals surface area contributed by atoms with Crippen molar-refractivity contribution in [2.75, 3.05) is 0 Å². The maximum absolute atomic E-state index is 2.64. The molecule has 0 radical (unpaired) electrons. The lowest BCUT2D eigenvalue weighted by Gasteiger charge is -2.27. The second kappa shape index (κ2) is 12.4. The molecule has 0 saturated carbocycles. The van der Waals surface area contributed by atoms with Gasteiger partial charge in [-0.15, -0.1) is 0 Å². The van der Waals surface area contributed by atoms with Gasteiger partial charge in [-0.25, -0.2) is 0 Å². The van der Waals surface area contributed by atoms with Gasteiger partial charge in [-0.05, 0) is 102 Å². The predicted molar refractivity (Wildman–Crippen MR) is 161 cm³/mol. The molecule has 0 aromatic heterocycles. The Bertz CT molecular complexity index is 1290. The molecule has 4 aromatic rings. The molecule has 190 valence electrons. The zero-order valence-electron chi connectivity index (χ0n) is 22.7. The van der Waals surface area contributed by atoms with E-state index in [1.54, 1.807) is 11.1 Å². The second-order valence-corrected chi connectivity index (χ2v) is 11.4. The lowest BCUT2D eigenvalue weighted by molar-refractivity contribution is 0.463. The van der Waals surface area contributed by atoms with Gasteiger partial charge in [0, 0.05) is 5.92 Å². The first-order chi connectivity index (χ1) is 18.2. The minimum atomic E-state index is 0.535. The molecular weight excluding hydrogens is 444 g/mol. The summed E-state index contributed by atoms with van der Waals surface area (Å²) < 4.78 is 0. The van der Waals surface area contributed by atoms with Crippen molar-refractivity contribution in [2.24, 2.45) is 11.8 Å². The van der Waals surface area contributed by atoms with Crippen molar-refractivity contribution in [1.82, 2.24) is 0 Å². The number of rotatable bonds is 12. The van der Waals surface area contributed by atoms with E-state index >= 15 is 0 Å².